The molecule has 2 aromatic carbocycles. The standard InChI is InChI=1S/C25H26FN5O2/c1-27-20-8-6-19(7-9-20)14-30-18-28-13-23(30)15-29-17-25(32)31(16-22(29)10-11-26)21-4-3-5-24(12-21)33-2/h3-9,12-13,18,22H,10-11,14-17H2,2H3/t22-/m0/s1/i2-1. The highest BCUT2D eigenvalue weighted by molar-refractivity contribution is 5.95. The van der Waals surface area contributed by atoms with E-state index in [1.807, 2.05) is 45.9 Å². The third-order valence-electron chi connectivity index (χ3n) is 5.94. The first-order valence-electron chi connectivity index (χ1n) is 10.8. The summed E-state index contributed by atoms with van der Waals surface area (Å²) >= 11 is 0. The fraction of sp³-hybridized carbons (Fsp3) is 0.320. The van der Waals surface area contributed by atoms with Gasteiger partial charge in [0.15, 0.2) is 5.69 Å². The molecule has 3 aromatic rings. The van der Waals surface area contributed by atoms with E-state index in [9.17, 15) is 9.18 Å². The van der Waals surface area contributed by atoms with E-state index in [1.54, 1.807) is 36.7 Å². The van der Waals surface area contributed by atoms with Crippen molar-refractivity contribution in [2.75, 3.05) is 31.8 Å². The van der Waals surface area contributed by atoms with E-state index in [0.717, 1.165) is 16.9 Å². The molecule has 7 nitrogen and oxygen atoms in total. The highest BCUT2D eigenvalue weighted by atomic mass is 19.1. The number of carbonyl (C=O) groups is 1. The smallest absolute Gasteiger partial charge is 0.241 e. The summed E-state index contributed by atoms with van der Waals surface area (Å²) in [6.07, 6.45) is 3.90. The first-order valence-corrected chi connectivity index (χ1v) is 10.8. The largest absolute Gasteiger partial charge is 0.497 e. The maximum absolute atomic E-state index is 13.4. The predicted molar refractivity (Wildman–Crippen MR) is 124 cm³/mol. The fourth-order valence-corrected chi connectivity index (χ4v) is 4.13. The number of halogens is 1. The van der Waals surface area contributed by atoms with E-state index in [0.29, 0.717) is 37.5 Å². The molecule has 0 bridgehead atoms. The van der Waals surface area contributed by atoms with Crippen molar-refractivity contribution in [2.45, 2.75) is 25.6 Å². The Bertz CT molecular complexity index is 1140. The lowest BCUT2D eigenvalue weighted by Crippen LogP contribution is -2.56. The average Bonchev–Trinajstić information content (AvgIpc) is 3.27. The quantitative estimate of drug-likeness (QED) is 0.490. The van der Waals surface area contributed by atoms with Gasteiger partial charge in [-0.25, -0.2) is 9.83 Å². The normalized spacial score (nSPS) is 16.6. The Balaban J connectivity index is 1.49. The second kappa shape index (κ2) is 10.3. The summed E-state index contributed by atoms with van der Waals surface area (Å²) in [5.74, 6) is 0.650. The number of methoxy groups -OCH3 is 1. The Morgan fingerprint density at radius 1 is 1.21 bits per heavy atom. The Hall–Kier alpha value is -3.70. The molecule has 2 heterocycles. The monoisotopic (exact) mass is 446 g/mol. The number of ether oxygens (including phenoxy) is 1. The van der Waals surface area contributed by atoms with Crippen LogP contribution in [0.15, 0.2) is 61.1 Å². The van der Waals surface area contributed by atoms with Crippen molar-refractivity contribution in [1.29, 1.82) is 0 Å². The molecular weight excluding hydrogens is 420 g/mol. The molecule has 1 aliphatic heterocycles. The maximum atomic E-state index is 13.4. The number of benzene rings is 2. The van der Waals surface area contributed by atoms with Gasteiger partial charge in [0.05, 0.1) is 38.9 Å². The van der Waals surface area contributed by atoms with Gasteiger partial charge < -0.3 is 14.2 Å². The summed E-state index contributed by atoms with van der Waals surface area (Å²) in [5, 5.41) is 0. The van der Waals surface area contributed by atoms with Gasteiger partial charge in [-0.15, -0.1) is 0 Å². The van der Waals surface area contributed by atoms with Crippen LogP contribution >= 0.6 is 0 Å². The molecule has 0 unspecified atom stereocenters. The summed E-state index contributed by atoms with van der Waals surface area (Å²) < 4.78 is 20.7. The molecule has 1 aromatic heterocycles. The molecule has 4 rings (SSSR count). The maximum Gasteiger partial charge on any atom is 0.241 e. The third-order valence-corrected chi connectivity index (χ3v) is 5.94. The first kappa shape index (κ1) is 22.5. The van der Waals surface area contributed by atoms with Crippen molar-refractivity contribution in [2.24, 2.45) is 0 Å². The number of hydrogen-bond donors (Lipinski definition) is 0. The van der Waals surface area contributed by atoms with Gasteiger partial charge in [-0.3, -0.25) is 14.1 Å². The first-order chi connectivity index (χ1) is 16.1. The summed E-state index contributed by atoms with van der Waals surface area (Å²) in [6.45, 7) is 8.37. The average molecular weight is 447 g/mol. The van der Waals surface area contributed by atoms with Gasteiger partial charge in [0.1, 0.15) is 5.75 Å². The van der Waals surface area contributed by atoms with Crippen molar-refractivity contribution in [3.63, 3.8) is 0 Å². The number of imidazole rings is 1. The van der Waals surface area contributed by atoms with Crippen LogP contribution in [0.2, 0.25) is 0 Å². The van der Waals surface area contributed by atoms with Crippen molar-refractivity contribution < 1.29 is 13.9 Å². The van der Waals surface area contributed by atoms with Crippen LogP contribution in [0.5, 0.6) is 5.75 Å². The molecule has 33 heavy (non-hydrogen) atoms. The highest BCUT2D eigenvalue weighted by Crippen LogP contribution is 2.26. The van der Waals surface area contributed by atoms with E-state index < -0.39 is 6.67 Å². The zero-order chi connectivity index (χ0) is 23.2. The highest BCUT2D eigenvalue weighted by Gasteiger charge is 2.33. The third kappa shape index (κ3) is 5.21. The number of amides is 1. The van der Waals surface area contributed by atoms with Crippen molar-refractivity contribution >= 4 is 17.3 Å². The molecule has 8 heteroatoms. The van der Waals surface area contributed by atoms with E-state index in [2.05, 4.69) is 9.83 Å². The molecule has 0 spiro atoms. The van der Waals surface area contributed by atoms with Crippen LogP contribution in [0.3, 0.4) is 0 Å². The number of hydrogen-bond acceptors (Lipinski definition) is 4. The molecule has 0 N–H and O–H groups in total. The van der Waals surface area contributed by atoms with Gasteiger partial charge >= 0.3 is 0 Å². The van der Waals surface area contributed by atoms with E-state index >= 15 is 0 Å². The zero-order valence-corrected chi connectivity index (χ0v) is 18.5. The minimum atomic E-state index is -0.450. The number of anilines is 1. The Kier molecular flexibility index (Phi) is 7.01. The van der Waals surface area contributed by atoms with E-state index in [1.165, 1.54) is 0 Å². The summed E-state index contributed by atoms with van der Waals surface area (Å²) in [5.41, 5.74) is 3.37. The lowest BCUT2D eigenvalue weighted by molar-refractivity contribution is -0.122. The zero-order valence-electron chi connectivity index (χ0n) is 18.5. The van der Waals surface area contributed by atoms with Crippen LogP contribution in [0.4, 0.5) is 15.8 Å². The molecule has 0 saturated carbocycles. The van der Waals surface area contributed by atoms with Crippen LogP contribution in [0, 0.1) is 6.57 Å². The molecular formula is C25H26FN5O2. The van der Waals surface area contributed by atoms with E-state index in [-0.39, 0.29) is 18.5 Å². The van der Waals surface area contributed by atoms with Gasteiger partial charge in [0, 0.05) is 43.6 Å². The minimum absolute atomic E-state index is 0.0286. The van der Waals surface area contributed by atoms with Gasteiger partial charge in [-0.2, -0.15) is 0 Å². The molecule has 0 radical (unpaired) electrons. The van der Waals surface area contributed by atoms with Gasteiger partial charge in [-0.1, -0.05) is 30.3 Å². The van der Waals surface area contributed by atoms with Gasteiger partial charge in [-0.05, 0) is 24.1 Å². The lowest BCUT2D eigenvalue weighted by atomic mass is 10.1. The van der Waals surface area contributed by atoms with Crippen molar-refractivity contribution in [1.82, 2.24) is 14.5 Å². The number of aromatic nitrogens is 2. The summed E-state index contributed by atoms with van der Waals surface area (Å²) in [7, 11) is 1.59. The Morgan fingerprint density at radius 3 is 2.76 bits per heavy atom. The molecule has 1 amide bonds. The molecule has 170 valence electrons. The molecule has 1 aliphatic rings. The van der Waals surface area contributed by atoms with Crippen LogP contribution in [0.25, 0.3) is 4.85 Å². The van der Waals surface area contributed by atoms with Crippen LogP contribution in [-0.2, 0) is 17.9 Å². The van der Waals surface area contributed by atoms with Crippen LogP contribution in [-0.4, -0.2) is 53.3 Å². The van der Waals surface area contributed by atoms with Crippen molar-refractivity contribution in [3.8, 4) is 5.75 Å². The number of rotatable bonds is 8. The molecule has 1 fully saturated rings. The summed E-state index contributed by atoms with van der Waals surface area (Å²) in [6, 6.07) is 14.7. The topological polar surface area (TPSA) is 55.0 Å². The SMILES string of the molecule is [C-]#[N+]c1ccc(Cn2cncc2CN2CC(=O)N(c3cccc(O[11CH3])c3)C[C@@H]2CCF)cc1. The van der Waals surface area contributed by atoms with Gasteiger partial charge in [0.2, 0.25) is 5.91 Å². The molecule has 1 saturated heterocycles. The van der Waals surface area contributed by atoms with E-state index in [4.69, 9.17) is 11.3 Å². The Morgan fingerprint density at radius 2 is 2.03 bits per heavy atom. The number of nitrogens with zero attached hydrogens (tertiary/aromatic N) is 5. The van der Waals surface area contributed by atoms with Crippen LogP contribution in [0.1, 0.15) is 17.7 Å². The molecule has 0 aliphatic carbocycles. The van der Waals surface area contributed by atoms with Gasteiger partial charge in [0.25, 0.3) is 0 Å². The second-order valence-corrected chi connectivity index (χ2v) is 8.03. The number of alkyl halides is 1. The summed E-state index contributed by atoms with van der Waals surface area (Å²) in [4.78, 5) is 24.5. The number of carbonyl (C=O) groups excluding carboxylic acids is 1. The van der Waals surface area contributed by atoms with Crippen molar-refractivity contribution in [3.05, 3.63) is 83.7 Å². The number of piperazine rings is 1. The fourth-order valence-electron chi connectivity index (χ4n) is 4.13. The lowest BCUT2D eigenvalue weighted by Gasteiger charge is -2.40. The van der Waals surface area contributed by atoms with Crippen LogP contribution < -0.4 is 9.64 Å². The second-order valence-electron chi connectivity index (χ2n) is 8.03. The minimum Gasteiger partial charge on any atom is -0.497 e. The predicted octanol–water partition coefficient (Wildman–Crippen LogP) is 4.07. The Labute approximate surface area is 192 Å². The molecule has 1 atom stereocenters.